The predicted octanol–water partition coefficient (Wildman–Crippen LogP) is 1.55. The first-order chi connectivity index (χ1) is 7.08. The summed E-state index contributed by atoms with van der Waals surface area (Å²) in [5.41, 5.74) is 0.300. The van der Waals surface area contributed by atoms with Gasteiger partial charge in [0.1, 0.15) is 0 Å². The molecule has 0 aliphatic rings. The topological polar surface area (TPSA) is 80.7 Å². The fourth-order valence-electron chi connectivity index (χ4n) is 0.915. The lowest BCUT2D eigenvalue weighted by Crippen LogP contribution is -2.31. The molecule has 0 aromatic carbocycles. The van der Waals surface area contributed by atoms with Gasteiger partial charge in [0.15, 0.2) is 0 Å². The van der Waals surface area contributed by atoms with Crippen molar-refractivity contribution in [3.8, 4) is 0 Å². The highest BCUT2D eigenvalue weighted by molar-refractivity contribution is 7.87. The first-order valence-electron chi connectivity index (χ1n) is 4.87. The largest absolute Gasteiger partial charge is 0.462 e. The SMILES string of the molecule is C=C(C)C(=O)OCCCC(C)(C)S(=O)(=O)O. The Labute approximate surface area is 96.2 Å². The van der Waals surface area contributed by atoms with E-state index in [4.69, 9.17) is 9.29 Å². The van der Waals surface area contributed by atoms with Gasteiger partial charge < -0.3 is 4.74 Å². The summed E-state index contributed by atoms with van der Waals surface area (Å²) in [5, 5.41) is 0. The molecule has 0 aromatic rings. The molecular weight excluding hydrogens is 232 g/mol. The van der Waals surface area contributed by atoms with Crippen molar-refractivity contribution < 1.29 is 22.5 Å². The number of carbonyl (C=O) groups excluding carboxylic acids is 1. The third-order valence-corrected chi connectivity index (χ3v) is 3.80. The molecule has 0 atom stereocenters. The molecule has 0 aliphatic carbocycles. The van der Waals surface area contributed by atoms with Gasteiger partial charge in [0.2, 0.25) is 0 Å². The fourth-order valence-corrected chi connectivity index (χ4v) is 1.32. The van der Waals surface area contributed by atoms with Gasteiger partial charge in [-0.25, -0.2) is 4.79 Å². The molecule has 94 valence electrons. The van der Waals surface area contributed by atoms with Crippen molar-refractivity contribution in [1.29, 1.82) is 0 Å². The van der Waals surface area contributed by atoms with E-state index in [0.29, 0.717) is 12.0 Å². The molecule has 5 nitrogen and oxygen atoms in total. The van der Waals surface area contributed by atoms with Crippen LogP contribution in [0.3, 0.4) is 0 Å². The molecule has 0 radical (unpaired) electrons. The minimum absolute atomic E-state index is 0.116. The van der Waals surface area contributed by atoms with E-state index in [2.05, 4.69) is 6.58 Å². The zero-order chi connectivity index (χ0) is 13.0. The Hall–Kier alpha value is -0.880. The quantitative estimate of drug-likeness (QED) is 0.335. The monoisotopic (exact) mass is 250 g/mol. The van der Waals surface area contributed by atoms with Crippen LogP contribution in [-0.2, 0) is 19.6 Å². The van der Waals surface area contributed by atoms with Gasteiger partial charge >= 0.3 is 5.97 Å². The van der Waals surface area contributed by atoms with Gasteiger partial charge in [-0.2, -0.15) is 8.42 Å². The first-order valence-corrected chi connectivity index (χ1v) is 6.31. The highest BCUT2D eigenvalue weighted by Crippen LogP contribution is 2.21. The summed E-state index contributed by atoms with van der Waals surface area (Å²) in [6.07, 6.45) is 0.584. The second-order valence-corrected chi connectivity index (χ2v) is 6.31. The minimum Gasteiger partial charge on any atom is -0.462 e. The van der Waals surface area contributed by atoms with Crippen molar-refractivity contribution in [2.24, 2.45) is 0 Å². The Bertz CT molecular complexity index is 367. The maximum atomic E-state index is 11.0. The molecular formula is C10H18O5S. The molecule has 0 spiro atoms. The van der Waals surface area contributed by atoms with Crippen LogP contribution in [-0.4, -0.2) is 30.3 Å². The van der Waals surface area contributed by atoms with Crippen LogP contribution in [0.15, 0.2) is 12.2 Å². The Balaban J connectivity index is 4.02. The number of hydrogen-bond acceptors (Lipinski definition) is 4. The second kappa shape index (κ2) is 5.45. The summed E-state index contributed by atoms with van der Waals surface area (Å²) in [6, 6.07) is 0. The lowest BCUT2D eigenvalue weighted by molar-refractivity contribution is -0.139. The molecule has 0 heterocycles. The van der Waals surface area contributed by atoms with Gasteiger partial charge in [-0.05, 0) is 33.6 Å². The highest BCUT2D eigenvalue weighted by Gasteiger charge is 2.31. The summed E-state index contributed by atoms with van der Waals surface area (Å²) in [7, 11) is -4.08. The molecule has 0 bridgehead atoms. The molecule has 0 amide bonds. The van der Waals surface area contributed by atoms with Crippen molar-refractivity contribution in [2.45, 2.75) is 38.4 Å². The molecule has 0 fully saturated rings. The third kappa shape index (κ3) is 4.76. The molecule has 6 heteroatoms. The van der Waals surface area contributed by atoms with Crippen molar-refractivity contribution in [2.75, 3.05) is 6.61 Å². The van der Waals surface area contributed by atoms with Gasteiger partial charge in [-0.1, -0.05) is 6.58 Å². The summed E-state index contributed by atoms with van der Waals surface area (Å²) < 4.78 is 34.3. The third-order valence-electron chi connectivity index (χ3n) is 2.20. The number of rotatable bonds is 6. The highest BCUT2D eigenvalue weighted by atomic mass is 32.2. The van der Waals surface area contributed by atoms with Gasteiger partial charge in [0.25, 0.3) is 10.1 Å². The van der Waals surface area contributed by atoms with Gasteiger partial charge in [0, 0.05) is 5.57 Å². The molecule has 0 saturated heterocycles. The first kappa shape index (κ1) is 15.1. The van der Waals surface area contributed by atoms with E-state index < -0.39 is 20.8 Å². The van der Waals surface area contributed by atoms with Crippen LogP contribution in [0.2, 0.25) is 0 Å². The molecule has 0 saturated carbocycles. The minimum atomic E-state index is -4.08. The van der Waals surface area contributed by atoms with E-state index in [9.17, 15) is 13.2 Å². The molecule has 0 aromatic heterocycles. The number of ether oxygens (including phenoxy) is 1. The Morgan fingerprint density at radius 1 is 1.44 bits per heavy atom. The van der Waals surface area contributed by atoms with Crippen molar-refractivity contribution in [1.82, 2.24) is 0 Å². The van der Waals surface area contributed by atoms with E-state index >= 15 is 0 Å². The maximum Gasteiger partial charge on any atom is 0.333 e. The number of hydrogen-bond donors (Lipinski definition) is 1. The summed E-state index contributed by atoms with van der Waals surface area (Å²) in [6.45, 7) is 7.90. The second-order valence-electron chi connectivity index (χ2n) is 4.25. The predicted molar refractivity (Wildman–Crippen MR) is 60.6 cm³/mol. The van der Waals surface area contributed by atoms with Crippen LogP contribution in [0.25, 0.3) is 0 Å². The summed E-state index contributed by atoms with van der Waals surface area (Å²) >= 11 is 0. The molecule has 16 heavy (non-hydrogen) atoms. The average molecular weight is 250 g/mol. The van der Waals surface area contributed by atoms with Crippen molar-refractivity contribution in [3.63, 3.8) is 0 Å². The van der Waals surface area contributed by atoms with Gasteiger partial charge in [0.05, 0.1) is 11.4 Å². The van der Waals surface area contributed by atoms with E-state index in [0.717, 1.165) is 0 Å². The van der Waals surface area contributed by atoms with E-state index in [-0.39, 0.29) is 13.0 Å². The van der Waals surface area contributed by atoms with Gasteiger partial charge in [-0.3, -0.25) is 4.55 Å². The molecule has 1 N–H and O–H groups in total. The van der Waals surface area contributed by atoms with Crippen molar-refractivity contribution >= 4 is 16.1 Å². The van der Waals surface area contributed by atoms with E-state index in [1.165, 1.54) is 20.8 Å². The average Bonchev–Trinajstić information content (AvgIpc) is 2.09. The Morgan fingerprint density at radius 2 is 1.94 bits per heavy atom. The van der Waals surface area contributed by atoms with Crippen LogP contribution in [0.1, 0.15) is 33.6 Å². The Morgan fingerprint density at radius 3 is 2.31 bits per heavy atom. The van der Waals surface area contributed by atoms with Crippen LogP contribution in [0.4, 0.5) is 0 Å². The number of carbonyl (C=O) groups is 1. The van der Waals surface area contributed by atoms with E-state index in [1.807, 2.05) is 0 Å². The normalized spacial score (nSPS) is 12.2. The fraction of sp³-hybridized carbons (Fsp3) is 0.700. The maximum absolute atomic E-state index is 11.0. The van der Waals surface area contributed by atoms with Crippen LogP contribution < -0.4 is 0 Å². The summed E-state index contributed by atoms with van der Waals surface area (Å²) in [4.78, 5) is 11.0. The van der Waals surface area contributed by atoms with Crippen LogP contribution >= 0.6 is 0 Å². The Kier molecular flexibility index (Phi) is 5.15. The summed E-state index contributed by atoms with van der Waals surface area (Å²) in [5.74, 6) is -0.496. The lowest BCUT2D eigenvalue weighted by Gasteiger charge is -2.20. The number of esters is 1. The molecule has 0 aliphatic heterocycles. The van der Waals surface area contributed by atoms with Crippen molar-refractivity contribution in [3.05, 3.63) is 12.2 Å². The zero-order valence-electron chi connectivity index (χ0n) is 9.82. The zero-order valence-corrected chi connectivity index (χ0v) is 10.6. The van der Waals surface area contributed by atoms with Crippen LogP contribution in [0, 0.1) is 0 Å². The van der Waals surface area contributed by atoms with E-state index in [1.54, 1.807) is 0 Å². The smallest absolute Gasteiger partial charge is 0.333 e. The lowest BCUT2D eigenvalue weighted by atomic mass is 10.1. The van der Waals surface area contributed by atoms with Gasteiger partial charge in [-0.15, -0.1) is 0 Å². The van der Waals surface area contributed by atoms with Crippen LogP contribution in [0.5, 0.6) is 0 Å². The molecule has 0 unspecified atom stereocenters. The molecule has 0 rings (SSSR count). The standard InChI is InChI=1S/C10H18O5S/c1-8(2)9(11)15-7-5-6-10(3,4)16(12,13)14/h1,5-7H2,2-4H3,(H,12,13,14).